The summed E-state index contributed by atoms with van der Waals surface area (Å²) < 4.78 is 23.8. The Labute approximate surface area is 167 Å². The van der Waals surface area contributed by atoms with E-state index in [0.29, 0.717) is 23.0 Å². The third-order valence-electron chi connectivity index (χ3n) is 5.76. The van der Waals surface area contributed by atoms with Crippen molar-refractivity contribution in [2.24, 2.45) is 0 Å². The van der Waals surface area contributed by atoms with E-state index in [1.807, 2.05) is 18.2 Å². The molecule has 0 spiro atoms. The predicted octanol–water partition coefficient (Wildman–Crippen LogP) is 6.70. The van der Waals surface area contributed by atoms with Crippen LogP contribution in [-0.4, -0.2) is 28.0 Å². The summed E-state index contributed by atoms with van der Waals surface area (Å²) in [5.41, 5.74) is 6.10. The van der Waals surface area contributed by atoms with Crippen molar-refractivity contribution in [2.75, 3.05) is 14.2 Å². The lowest BCUT2D eigenvalue weighted by atomic mass is 10.1. The molecule has 1 rings (SSSR count). The fourth-order valence-corrected chi connectivity index (χ4v) is 11.0. The maximum atomic E-state index is 13.2. The van der Waals surface area contributed by atoms with Crippen LogP contribution >= 0.6 is 7.60 Å². The molecule has 1 atom stereocenters. The van der Waals surface area contributed by atoms with Crippen LogP contribution < -0.4 is 0 Å². The van der Waals surface area contributed by atoms with Gasteiger partial charge in [-0.05, 0) is 35.0 Å². The monoisotopic (exact) mass is 408 g/mol. The molecule has 1 aromatic rings. The average molecular weight is 409 g/mol. The van der Waals surface area contributed by atoms with Crippen LogP contribution in [0.2, 0.25) is 16.6 Å². The van der Waals surface area contributed by atoms with Crippen LogP contribution in [0, 0.1) is 11.5 Å². The van der Waals surface area contributed by atoms with Gasteiger partial charge in [0.15, 0.2) is 0 Å². The van der Waals surface area contributed by atoms with E-state index in [1.54, 1.807) is 0 Å². The fraction of sp³-hybridized carbons (Fsp3) is 0.636. The lowest BCUT2D eigenvalue weighted by molar-refractivity contribution is 0.269. The largest absolute Gasteiger partial charge is 0.344 e. The Hall–Kier alpha value is -0.853. The van der Waals surface area contributed by atoms with E-state index in [-0.39, 0.29) is 0 Å². The van der Waals surface area contributed by atoms with Gasteiger partial charge in [-0.2, -0.15) is 0 Å². The highest BCUT2D eigenvalue weighted by Gasteiger charge is 2.42. The second-order valence-corrected chi connectivity index (χ2v) is 16.1. The summed E-state index contributed by atoms with van der Waals surface area (Å²) in [6, 6.07) is 10.2. The smallest absolute Gasteiger partial charge is 0.311 e. The molecule has 0 heterocycles. The van der Waals surface area contributed by atoms with E-state index >= 15 is 0 Å². The second kappa shape index (κ2) is 10.6. The highest BCUT2D eigenvalue weighted by atomic mass is 31.2. The molecule has 0 fully saturated rings. The van der Waals surface area contributed by atoms with Crippen LogP contribution in [-0.2, 0) is 20.0 Å². The van der Waals surface area contributed by atoms with Crippen molar-refractivity contribution in [1.29, 1.82) is 0 Å². The third-order valence-corrected chi connectivity index (χ3v) is 14.2. The van der Waals surface area contributed by atoms with Crippen molar-refractivity contribution in [3.8, 4) is 11.5 Å². The molecule has 27 heavy (non-hydrogen) atoms. The van der Waals surface area contributed by atoms with E-state index in [2.05, 4.69) is 65.1 Å². The molecule has 0 saturated carbocycles. The van der Waals surface area contributed by atoms with Crippen molar-refractivity contribution in [1.82, 2.24) is 0 Å². The molecular formula is C22H37O3PSi. The van der Waals surface area contributed by atoms with Crippen molar-refractivity contribution in [3.63, 3.8) is 0 Å². The van der Waals surface area contributed by atoms with Gasteiger partial charge in [-0.3, -0.25) is 4.57 Å². The van der Waals surface area contributed by atoms with E-state index < -0.39 is 21.3 Å². The molecular weight excluding hydrogens is 371 g/mol. The van der Waals surface area contributed by atoms with Crippen LogP contribution in [0.3, 0.4) is 0 Å². The Morgan fingerprint density at radius 1 is 0.926 bits per heavy atom. The van der Waals surface area contributed by atoms with Crippen molar-refractivity contribution >= 4 is 15.7 Å². The van der Waals surface area contributed by atoms with Gasteiger partial charge >= 0.3 is 7.60 Å². The summed E-state index contributed by atoms with van der Waals surface area (Å²) in [5.74, 6) is 3.42. The standard InChI is InChI=1S/C22H37O3PSi/c1-18(2)27(19(3)4,20(5)6)17-16-22(26(23,24-7)25-8)15-14-21-12-10-9-11-13-21/h9-13,18-20,22H,14-15H2,1-8H3/t22-/m1/s1. The lowest BCUT2D eigenvalue weighted by Crippen LogP contribution is -2.43. The number of hydrogen-bond acceptors (Lipinski definition) is 3. The maximum absolute atomic E-state index is 13.2. The Morgan fingerprint density at radius 3 is 1.81 bits per heavy atom. The SMILES string of the molecule is COP(=O)(OC)[C@@H](C#C[Si](C(C)C)(C(C)C)C(C)C)CCc1ccccc1. The molecule has 3 nitrogen and oxygen atoms in total. The summed E-state index contributed by atoms with van der Waals surface area (Å²) in [6.45, 7) is 13.7. The first-order valence-corrected chi connectivity index (χ1v) is 13.8. The van der Waals surface area contributed by atoms with Gasteiger partial charge in [-0.15, -0.1) is 5.54 Å². The van der Waals surface area contributed by atoms with Crippen LogP contribution in [0.5, 0.6) is 0 Å². The van der Waals surface area contributed by atoms with Gasteiger partial charge in [-0.1, -0.05) is 77.8 Å². The Kier molecular flexibility index (Phi) is 9.52. The molecule has 5 heteroatoms. The topological polar surface area (TPSA) is 35.5 Å². The summed E-state index contributed by atoms with van der Waals surface area (Å²) in [5, 5.41) is 0. The molecule has 152 valence electrons. The Bertz CT molecular complexity index is 644. The molecule has 0 aliphatic heterocycles. The number of benzene rings is 1. The van der Waals surface area contributed by atoms with Crippen molar-refractivity contribution in [3.05, 3.63) is 35.9 Å². The van der Waals surface area contributed by atoms with E-state index in [9.17, 15) is 4.57 Å². The van der Waals surface area contributed by atoms with Crippen LogP contribution in [0.4, 0.5) is 0 Å². The van der Waals surface area contributed by atoms with E-state index in [0.717, 1.165) is 6.42 Å². The molecule has 0 aliphatic carbocycles. The molecule has 0 saturated heterocycles. The highest BCUT2D eigenvalue weighted by Crippen LogP contribution is 2.53. The average Bonchev–Trinajstić information content (AvgIpc) is 2.63. The minimum atomic E-state index is -3.26. The summed E-state index contributed by atoms with van der Waals surface area (Å²) in [7, 11) is -2.24. The lowest BCUT2D eigenvalue weighted by Gasteiger charge is -2.38. The molecule has 0 bridgehead atoms. The molecule has 0 N–H and O–H groups in total. The zero-order valence-electron chi connectivity index (χ0n) is 18.3. The first kappa shape index (κ1) is 24.2. The van der Waals surface area contributed by atoms with Gasteiger partial charge in [0.05, 0.1) is 0 Å². The van der Waals surface area contributed by atoms with Gasteiger partial charge in [0.25, 0.3) is 0 Å². The number of hydrogen-bond donors (Lipinski definition) is 0. The van der Waals surface area contributed by atoms with E-state index in [1.165, 1.54) is 19.8 Å². The molecule has 0 unspecified atom stereocenters. The van der Waals surface area contributed by atoms with Crippen LogP contribution in [0.1, 0.15) is 53.5 Å². The number of rotatable bonds is 9. The van der Waals surface area contributed by atoms with E-state index in [4.69, 9.17) is 9.05 Å². The van der Waals surface area contributed by atoms with Gasteiger partial charge in [0.2, 0.25) is 0 Å². The van der Waals surface area contributed by atoms with Gasteiger partial charge in [0.1, 0.15) is 13.7 Å². The minimum absolute atomic E-state index is 0.407. The number of aryl methyl sites for hydroxylation is 1. The maximum Gasteiger partial charge on any atom is 0.344 e. The molecule has 0 radical (unpaired) electrons. The molecule has 0 amide bonds. The zero-order valence-corrected chi connectivity index (χ0v) is 20.2. The minimum Gasteiger partial charge on any atom is -0.311 e. The molecule has 1 aromatic carbocycles. The van der Waals surface area contributed by atoms with Crippen molar-refractivity contribution < 1.29 is 13.6 Å². The summed E-state index contributed by atoms with van der Waals surface area (Å²) in [6.07, 6.45) is 1.46. The normalized spacial score (nSPS) is 13.7. The summed E-state index contributed by atoms with van der Waals surface area (Å²) in [4.78, 5) is 0. The third kappa shape index (κ3) is 5.81. The van der Waals surface area contributed by atoms with Crippen LogP contribution in [0.25, 0.3) is 0 Å². The Morgan fingerprint density at radius 2 is 1.41 bits per heavy atom. The summed E-state index contributed by atoms with van der Waals surface area (Å²) >= 11 is 0. The zero-order chi connectivity index (χ0) is 20.7. The first-order valence-electron chi connectivity index (χ1n) is 9.91. The first-order chi connectivity index (χ1) is 12.6. The predicted molar refractivity (Wildman–Crippen MR) is 119 cm³/mol. The second-order valence-electron chi connectivity index (χ2n) is 8.11. The molecule has 0 aliphatic rings. The fourth-order valence-electron chi connectivity index (χ4n) is 4.23. The van der Waals surface area contributed by atoms with Gasteiger partial charge < -0.3 is 9.05 Å². The van der Waals surface area contributed by atoms with Crippen LogP contribution in [0.15, 0.2) is 30.3 Å². The molecule has 0 aromatic heterocycles. The quantitative estimate of drug-likeness (QED) is 0.259. The van der Waals surface area contributed by atoms with Gasteiger partial charge in [0, 0.05) is 14.2 Å². The highest BCUT2D eigenvalue weighted by molar-refractivity contribution is 7.55. The van der Waals surface area contributed by atoms with Gasteiger partial charge in [-0.25, -0.2) is 0 Å². The Balaban J connectivity index is 3.28. The van der Waals surface area contributed by atoms with Crippen molar-refractivity contribution in [2.45, 2.75) is 76.7 Å².